The van der Waals surface area contributed by atoms with Crippen LogP contribution in [-0.2, 0) is 9.84 Å². The molecule has 0 amide bonds. The van der Waals surface area contributed by atoms with Crippen LogP contribution < -0.4 is 5.32 Å². The third-order valence-corrected chi connectivity index (χ3v) is 6.66. The average molecular weight is 235 g/mol. The molecule has 1 spiro atoms. The van der Waals surface area contributed by atoms with Crippen molar-refractivity contribution in [3.8, 4) is 0 Å². The van der Waals surface area contributed by atoms with Crippen molar-refractivity contribution in [3.05, 3.63) is 0 Å². The summed E-state index contributed by atoms with van der Waals surface area (Å²) in [7, 11) is -2.81. The molecule has 0 aromatic carbocycles. The zero-order valence-corrected chi connectivity index (χ0v) is 10.3. The van der Waals surface area contributed by atoms with Crippen LogP contribution in [0.1, 0.15) is 26.7 Å². The van der Waals surface area contributed by atoms with Crippen LogP contribution in [0.4, 0.5) is 0 Å². The minimum absolute atomic E-state index is 0.0809. The first-order valence-corrected chi connectivity index (χ1v) is 7.77. The van der Waals surface area contributed by atoms with Crippen molar-refractivity contribution in [2.45, 2.75) is 37.1 Å². The maximum Gasteiger partial charge on any atom is 0.152 e. The van der Waals surface area contributed by atoms with Crippen LogP contribution in [0, 0.1) is 0 Å². The maximum absolute atomic E-state index is 11.6. The highest BCUT2D eigenvalue weighted by Gasteiger charge is 2.47. The normalized spacial score (nSPS) is 40.1. The fourth-order valence-corrected chi connectivity index (χ4v) is 6.17. The largest absolute Gasteiger partial charge is 0.296 e. The summed E-state index contributed by atoms with van der Waals surface area (Å²) in [6.07, 6.45) is 1.79. The SMILES string of the molecule is CC1(C)CSC2(CCCS(=O)(=O)C2)N1. The summed E-state index contributed by atoms with van der Waals surface area (Å²) in [5.41, 5.74) is 0.0809. The highest BCUT2D eigenvalue weighted by atomic mass is 32.2. The van der Waals surface area contributed by atoms with Crippen molar-refractivity contribution in [1.29, 1.82) is 0 Å². The second kappa shape index (κ2) is 3.12. The lowest BCUT2D eigenvalue weighted by Gasteiger charge is -2.34. The van der Waals surface area contributed by atoms with E-state index in [1.807, 2.05) is 0 Å². The lowest BCUT2D eigenvalue weighted by atomic mass is 10.1. The third-order valence-electron chi connectivity index (χ3n) is 2.76. The van der Waals surface area contributed by atoms with Gasteiger partial charge < -0.3 is 0 Å². The van der Waals surface area contributed by atoms with Gasteiger partial charge >= 0.3 is 0 Å². The van der Waals surface area contributed by atoms with Gasteiger partial charge in [-0.2, -0.15) is 0 Å². The molecule has 2 aliphatic rings. The molecule has 0 aromatic heterocycles. The van der Waals surface area contributed by atoms with Gasteiger partial charge in [-0.05, 0) is 26.7 Å². The fourth-order valence-electron chi connectivity index (χ4n) is 2.30. The monoisotopic (exact) mass is 235 g/mol. The second-order valence-corrected chi connectivity index (χ2v) is 8.53. The van der Waals surface area contributed by atoms with E-state index in [2.05, 4.69) is 19.2 Å². The van der Waals surface area contributed by atoms with E-state index in [1.165, 1.54) is 0 Å². The summed E-state index contributed by atoms with van der Waals surface area (Å²) < 4.78 is 23.1. The van der Waals surface area contributed by atoms with Gasteiger partial charge in [0, 0.05) is 11.3 Å². The molecule has 1 atom stereocenters. The lowest BCUT2D eigenvalue weighted by molar-refractivity contribution is 0.358. The maximum atomic E-state index is 11.6. The van der Waals surface area contributed by atoms with Crippen LogP contribution in [0.15, 0.2) is 0 Å². The molecule has 3 nitrogen and oxygen atoms in total. The molecule has 82 valence electrons. The quantitative estimate of drug-likeness (QED) is 0.680. The smallest absolute Gasteiger partial charge is 0.152 e. The Morgan fingerprint density at radius 3 is 2.57 bits per heavy atom. The van der Waals surface area contributed by atoms with E-state index in [0.29, 0.717) is 11.5 Å². The molecule has 2 saturated heterocycles. The number of hydrogen-bond acceptors (Lipinski definition) is 4. The van der Waals surface area contributed by atoms with Crippen LogP contribution in [-0.4, -0.2) is 36.1 Å². The van der Waals surface area contributed by atoms with Crippen molar-refractivity contribution in [3.63, 3.8) is 0 Å². The predicted octanol–water partition coefficient (Wildman–Crippen LogP) is 1.01. The molecule has 0 radical (unpaired) electrons. The van der Waals surface area contributed by atoms with Gasteiger partial charge in [-0.25, -0.2) is 8.42 Å². The number of nitrogens with one attached hydrogen (secondary N) is 1. The number of thioether (sulfide) groups is 1. The van der Waals surface area contributed by atoms with E-state index in [9.17, 15) is 8.42 Å². The summed E-state index contributed by atoms with van der Waals surface area (Å²) in [4.78, 5) is -0.180. The lowest BCUT2D eigenvalue weighted by Crippen LogP contribution is -2.53. The molecule has 5 heteroatoms. The van der Waals surface area contributed by atoms with E-state index >= 15 is 0 Å². The Morgan fingerprint density at radius 2 is 2.07 bits per heavy atom. The Morgan fingerprint density at radius 1 is 1.36 bits per heavy atom. The molecule has 0 saturated carbocycles. The minimum Gasteiger partial charge on any atom is -0.296 e. The molecule has 0 aromatic rings. The molecular formula is C9H17NO2S2. The molecule has 2 fully saturated rings. The topological polar surface area (TPSA) is 46.2 Å². The first-order valence-electron chi connectivity index (χ1n) is 4.96. The van der Waals surface area contributed by atoms with Crippen LogP contribution in [0.25, 0.3) is 0 Å². The van der Waals surface area contributed by atoms with Crippen molar-refractivity contribution in [2.24, 2.45) is 0 Å². The number of rotatable bonds is 0. The average Bonchev–Trinajstić information content (AvgIpc) is 2.24. The first-order chi connectivity index (χ1) is 6.33. The predicted molar refractivity (Wildman–Crippen MR) is 60.3 cm³/mol. The molecular weight excluding hydrogens is 218 g/mol. The molecule has 0 aliphatic carbocycles. The summed E-state index contributed by atoms with van der Waals surface area (Å²) in [6.45, 7) is 4.27. The zero-order valence-electron chi connectivity index (χ0n) is 8.67. The van der Waals surface area contributed by atoms with Gasteiger partial charge in [0.25, 0.3) is 0 Å². The van der Waals surface area contributed by atoms with Gasteiger partial charge in [0.05, 0.1) is 16.4 Å². The van der Waals surface area contributed by atoms with Gasteiger partial charge in [-0.3, -0.25) is 5.32 Å². The minimum atomic E-state index is -2.81. The van der Waals surface area contributed by atoms with Crippen LogP contribution in [0.3, 0.4) is 0 Å². The number of hydrogen-bond donors (Lipinski definition) is 1. The Kier molecular flexibility index (Phi) is 2.40. The van der Waals surface area contributed by atoms with Gasteiger partial charge in [-0.15, -0.1) is 11.8 Å². The molecule has 2 rings (SSSR count). The van der Waals surface area contributed by atoms with Crippen molar-refractivity contribution >= 4 is 21.6 Å². The molecule has 1 unspecified atom stereocenters. The number of sulfone groups is 1. The molecule has 14 heavy (non-hydrogen) atoms. The van der Waals surface area contributed by atoms with Crippen LogP contribution in [0.2, 0.25) is 0 Å². The Hall–Kier alpha value is 0.260. The highest BCUT2D eigenvalue weighted by molar-refractivity contribution is 8.02. The van der Waals surface area contributed by atoms with E-state index < -0.39 is 9.84 Å². The molecule has 1 N–H and O–H groups in total. The fraction of sp³-hybridized carbons (Fsp3) is 1.00. The standard InChI is InChI=1S/C9H17NO2S2/c1-8(2)6-13-9(10-8)4-3-5-14(11,12)7-9/h10H,3-7H2,1-2H3. The molecule has 2 aliphatic heterocycles. The summed E-state index contributed by atoms with van der Waals surface area (Å²) in [6, 6.07) is 0. The Labute approximate surface area is 89.9 Å². The van der Waals surface area contributed by atoms with E-state index in [0.717, 1.165) is 18.6 Å². The van der Waals surface area contributed by atoms with Gasteiger partial charge in [0.2, 0.25) is 0 Å². The summed E-state index contributed by atoms with van der Waals surface area (Å²) in [5.74, 6) is 1.69. The Bertz CT molecular complexity index is 337. The summed E-state index contributed by atoms with van der Waals surface area (Å²) >= 11 is 1.78. The van der Waals surface area contributed by atoms with Gasteiger partial charge in [-0.1, -0.05) is 0 Å². The second-order valence-electron chi connectivity index (χ2n) is 4.99. The van der Waals surface area contributed by atoms with E-state index in [-0.39, 0.29) is 10.4 Å². The third kappa shape index (κ3) is 2.09. The van der Waals surface area contributed by atoms with Crippen molar-refractivity contribution in [2.75, 3.05) is 17.3 Å². The van der Waals surface area contributed by atoms with Crippen molar-refractivity contribution in [1.82, 2.24) is 5.32 Å². The molecule has 0 bridgehead atoms. The zero-order chi connectivity index (χ0) is 10.4. The first kappa shape index (κ1) is 10.8. The summed E-state index contributed by atoms with van der Waals surface area (Å²) in [5, 5.41) is 3.48. The van der Waals surface area contributed by atoms with Crippen LogP contribution >= 0.6 is 11.8 Å². The van der Waals surface area contributed by atoms with E-state index in [1.54, 1.807) is 11.8 Å². The van der Waals surface area contributed by atoms with E-state index in [4.69, 9.17) is 0 Å². The van der Waals surface area contributed by atoms with Gasteiger partial charge in [0.1, 0.15) is 0 Å². The molecule has 2 heterocycles. The highest BCUT2D eigenvalue weighted by Crippen LogP contribution is 2.41. The van der Waals surface area contributed by atoms with Crippen molar-refractivity contribution < 1.29 is 8.42 Å². The Balaban J connectivity index is 2.18. The van der Waals surface area contributed by atoms with Gasteiger partial charge in [0.15, 0.2) is 9.84 Å². The van der Waals surface area contributed by atoms with Crippen LogP contribution in [0.5, 0.6) is 0 Å².